The lowest BCUT2D eigenvalue weighted by molar-refractivity contribution is 1.25. The second-order valence-electron chi connectivity index (χ2n) is 2.18. The molecule has 0 saturated heterocycles. The van der Waals surface area contributed by atoms with E-state index >= 15 is 0 Å². The highest BCUT2D eigenvalue weighted by atomic mass is 15.1. The highest BCUT2D eigenvalue weighted by molar-refractivity contribution is 5.76. The number of para-hydroxylation sites is 2. The summed E-state index contributed by atoms with van der Waals surface area (Å²) < 4.78 is 0. The Morgan fingerprint density at radius 3 is 2.91 bits per heavy atom. The van der Waals surface area contributed by atoms with Crippen LogP contribution in [0, 0.1) is 0 Å². The van der Waals surface area contributed by atoms with Gasteiger partial charge in [0.15, 0.2) is 0 Å². The van der Waals surface area contributed by atoms with Gasteiger partial charge < -0.3 is 15.6 Å². The minimum absolute atomic E-state index is 0.242. The van der Waals surface area contributed by atoms with Crippen molar-refractivity contribution in [2.24, 2.45) is 5.11 Å². The second-order valence-corrected chi connectivity index (χ2v) is 2.18. The molecular weight excluding hydrogens is 140 g/mol. The number of benzene rings is 1. The predicted molar refractivity (Wildman–Crippen MR) is 41.5 cm³/mol. The van der Waals surface area contributed by atoms with Crippen LogP contribution in [0.4, 0.5) is 5.95 Å². The highest BCUT2D eigenvalue weighted by Gasteiger charge is 1.95. The number of hydrogen-bond donors (Lipinski definition) is 1. The monoisotopic (exact) mass is 145 g/mol. The van der Waals surface area contributed by atoms with Crippen molar-refractivity contribution in [3.63, 3.8) is 0 Å². The Morgan fingerprint density at radius 1 is 1.36 bits per heavy atom. The molecule has 0 aliphatic carbocycles. The molecule has 4 heteroatoms. The molecule has 0 radical (unpaired) electrons. The van der Waals surface area contributed by atoms with Crippen molar-refractivity contribution in [1.82, 2.24) is 9.97 Å². The predicted octanol–water partition coefficient (Wildman–Crippen LogP) is 2.22. The van der Waals surface area contributed by atoms with E-state index in [9.17, 15) is 0 Å². The van der Waals surface area contributed by atoms with Gasteiger partial charge in [-0.15, -0.1) is 0 Å². The van der Waals surface area contributed by atoms with Crippen LogP contribution in [0.15, 0.2) is 29.4 Å². The van der Waals surface area contributed by atoms with Gasteiger partial charge in [-0.05, 0) is 12.1 Å². The zero-order valence-corrected chi connectivity index (χ0v) is 5.65. The third kappa shape index (κ3) is 0.881. The molecule has 0 atom stereocenters. The summed E-state index contributed by atoms with van der Waals surface area (Å²) in [7, 11) is 0. The van der Waals surface area contributed by atoms with E-state index in [4.69, 9.17) is 5.53 Å². The molecule has 0 spiro atoms. The van der Waals surface area contributed by atoms with E-state index < -0.39 is 0 Å². The van der Waals surface area contributed by atoms with Crippen LogP contribution in [-0.2, 0) is 0 Å². The van der Waals surface area contributed by atoms with Crippen molar-refractivity contribution in [2.45, 2.75) is 0 Å². The summed E-state index contributed by atoms with van der Waals surface area (Å²) in [5.41, 5.74) is 10.1. The first-order chi connectivity index (χ1) is 5.40. The van der Waals surface area contributed by atoms with E-state index in [1.807, 2.05) is 24.3 Å². The van der Waals surface area contributed by atoms with Gasteiger partial charge in [-0.3, -0.25) is 0 Å². The Kier molecular flexibility index (Phi) is 1.18. The van der Waals surface area contributed by atoms with E-state index in [1.54, 1.807) is 0 Å². The second kappa shape index (κ2) is 2.16. The Morgan fingerprint density at radius 2 is 2.18 bits per heavy atom. The fourth-order valence-corrected chi connectivity index (χ4v) is 0.987. The molecule has 11 heavy (non-hydrogen) atoms. The smallest absolute Gasteiger partial charge is 0.207 e. The Balaban J connectivity index is 2.78. The number of imidazole rings is 1. The van der Waals surface area contributed by atoms with Crippen LogP contribution < -0.4 is 0 Å². The van der Waals surface area contributed by atoms with Gasteiger partial charge in [-0.1, -0.05) is 12.1 Å². The van der Waals surface area contributed by atoms with Gasteiger partial charge in [0, 0.05) is 0 Å². The van der Waals surface area contributed by atoms with E-state index in [0.717, 1.165) is 11.0 Å². The molecule has 2 rings (SSSR count). The zero-order valence-electron chi connectivity index (χ0n) is 5.65. The number of rotatable bonds is 1. The molecule has 1 heterocycles. The summed E-state index contributed by atoms with van der Waals surface area (Å²) in [6.07, 6.45) is 0. The topological polar surface area (TPSA) is 63.3 Å². The minimum atomic E-state index is 0.242. The highest BCUT2D eigenvalue weighted by Crippen LogP contribution is 2.14. The van der Waals surface area contributed by atoms with Crippen molar-refractivity contribution in [1.29, 1.82) is 0 Å². The van der Waals surface area contributed by atoms with Crippen LogP contribution in [0.5, 0.6) is 0 Å². The van der Waals surface area contributed by atoms with E-state index in [0.29, 0.717) is 0 Å². The number of nitrogens with zero attached hydrogens (tertiary/aromatic N) is 3. The SMILES string of the molecule is [N-]=Nc1nc2ccccc2[nH]1. The van der Waals surface area contributed by atoms with Crippen molar-refractivity contribution in [2.75, 3.05) is 0 Å². The summed E-state index contributed by atoms with van der Waals surface area (Å²) in [5.74, 6) is 0.242. The van der Waals surface area contributed by atoms with E-state index in [2.05, 4.69) is 15.1 Å². The maximum absolute atomic E-state index is 8.37. The molecule has 0 saturated carbocycles. The summed E-state index contributed by atoms with van der Waals surface area (Å²) >= 11 is 0. The van der Waals surface area contributed by atoms with Crippen LogP contribution in [0.3, 0.4) is 0 Å². The van der Waals surface area contributed by atoms with E-state index in [-0.39, 0.29) is 5.95 Å². The fraction of sp³-hybridized carbons (Fsp3) is 0. The number of aromatic amines is 1. The molecule has 4 nitrogen and oxygen atoms in total. The van der Waals surface area contributed by atoms with Gasteiger partial charge in [0.05, 0.1) is 11.0 Å². The maximum atomic E-state index is 8.37. The summed E-state index contributed by atoms with van der Waals surface area (Å²) in [6.45, 7) is 0. The number of nitrogens with one attached hydrogen (secondary N) is 1. The first kappa shape index (κ1) is 6.03. The molecule has 0 aliphatic rings. The van der Waals surface area contributed by atoms with Crippen molar-refractivity contribution < 1.29 is 0 Å². The summed E-state index contributed by atoms with van der Waals surface area (Å²) in [5, 5.41) is 2.94. The van der Waals surface area contributed by atoms with Gasteiger partial charge in [0.25, 0.3) is 0 Å². The Hall–Kier alpha value is -1.71. The van der Waals surface area contributed by atoms with Crippen LogP contribution in [0.2, 0.25) is 0 Å². The average molecular weight is 145 g/mol. The van der Waals surface area contributed by atoms with Crippen LogP contribution >= 0.6 is 0 Å². The Labute approximate surface area is 62.8 Å². The first-order valence-electron chi connectivity index (χ1n) is 3.20. The normalized spacial score (nSPS) is 10.2. The number of aromatic nitrogens is 2. The third-order valence-corrected chi connectivity index (χ3v) is 1.47. The van der Waals surface area contributed by atoms with Crippen molar-refractivity contribution >= 4 is 17.0 Å². The van der Waals surface area contributed by atoms with E-state index in [1.165, 1.54) is 0 Å². The molecular formula is C7H5N4-. The number of fused-ring (bicyclic) bond motifs is 1. The zero-order chi connectivity index (χ0) is 7.68. The molecule has 0 bridgehead atoms. The van der Waals surface area contributed by atoms with Gasteiger partial charge in [0.1, 0.15) is 0 Å². The van der Waals surface area contributed by atoms with Crippen LogP contribution in [-0.4, -0.2) is 9.97 Å². The lowest BCUT2D eigenvalue weighted by Gasteiger charge is -1.83. The largest absolute Gasteiger partial charge is 0.704 e. The fourth-order valence-electron chi connectivity index (χ4n) is 0.987. The summed E-state index contributed by atoms with van der Waals surface area (Å²) in [4.78, 5) is 6.78. The molecule has 2 aromatic rings. The molecule has 1 aromatic heterocycles. The van der Waals surface area contributed by atoms with Crippen LogP contribution in [0.1, 0.15) is 0 Å². The standard InChI is InChI=1S/C7H5N4/c8-11-7-9-5-3-1-2-4-6(5)10-7/h1-4H,(H,9,10)/q-1. The molecule has 54 valence electrons. The van der Waals surface area contributed by atoms with Crippen LogP contribution in [0.25, 0.3) is 16.6 Å². The Bertz CT molecular complexity index is 357. The molecule has 1 aromatic carbocycles. The summed E-state index contributed by atoms with van der Waals surface area (Å²) in [6, 6.07) is 7.49. The quantitative estimate of drug-likeness (QED) is 0.614. The molecule has 0 fully saturated rings. The van der Waals surface area contributed by atoms with Gasteiger partial charge in [-0.25, -0.2) is 4.98 Å². The van der Waals surface area contributed by atoms with Crippen molar-refractivity contribution in [3.8, 4) is 0 Å². The van der Waals surface area contributed by atoms with Gasteiger partial charge in [0.2, 0.25) is 5.95 Å². The third-order valence-electron chi connectivity index (χ3n) is 1.47. The first-order valence-corrected chi connectivity index (χ1v) is 3.20. The van der Waals surface area contributed by atoms with Crippen molar-refractivity contribution in [3.05, 3.63) is 29.8 Å². The lowest BCUT2D eigenvalue weighted by Crippen LogP contribution is -1.63. The lowest BCUT2D eigenvalue weighted by atomic mass is 10.3. The molecule has 0 amide bonds. The maximum Gasteiger partial charge on any atom is 0.207 e. The number of H-pyrrole nitrogens is 1. The number of hydrogen-bond acceptors (Lipinski definition) is 2. The molecule has 1 N–H and O–H groups in total. The molecule has 0 unspecified atom stereocenters. The molecule has 0 aliphatic heterocycles. The van der Waals surface area contributed by atoms with Gasteiger partial charge >= 0.3 is 0 Å². The average Bonchev–Trinajstić information content (AvgIpc) is 2.46. The van der Waals surface area contributed by atoms with Gasteiger partial charge in [-0.2, -0.15) is 0 Å². The minimum Gasteiger partial charge on any atom is -0.704 e.